The smallest absolute Gasteiger partial charge is 0.132 e. The number of hydrogen-bond acceptors (Lipinski definition) is 1. The average molecular weight is 308 g/mol. The summed E-state index contributed by atoms with van der Waals surface area (Å²) in [4.78, 5) is 4.27. The van der Waals surface area contributed by atoms with Gasteiger partial charge in [-0.25, -0.2) is 4.39 Å². The number of hydrogen-bond donors (Lipinski definition) is 0. The van der Waals surface area contributed by atoms with E-state index >= 15 is 0 Å². The van der Waals surface area contributed by atoms with Gasteiger partial charge in [0.05, 0.1) is 5.52 Å². The SMILES string of the molecule is Cc1ccc(F)c2ccn([C@@H]3CCC[C@@H](c4cccnc4)C3)c12. The molecule has 1 saturated carbocycles. The maximum absolute atomic E-state index is 14.1. The zero-order valence-corrected chi connectivity index (χ0v) is 13.4. The molecule has 0 unspecified atom stereocenters. The lowest BCUT2D eigenvalue weighted by Crippen LogP contribution is -2.18. The topological polar surface area (TPSA) is 17.8 Å². The number of fused-ring (bicyclic) bond motifs is 1. The van der Waals surface area contributed by atoms with Gasteiger partial charge in [-0.05, 0) is 61.4 Å². The van der Waals surface area contributed by atoms with Gasteiger partial charge in [0, 0.05) is 30.0 Å². The maximum Gasteiger partial charge on any atom is 0.132 e. The second-order valence-electron chi connectivity index (χ2n) is 6.65. The molecule has 3 aromatic rings. The Kier molecular flexibility index (Phi) is 3.64. The fourth-order valence-electron chi connectivity index (χ4n) is 4.06. The van der Waals surface area contributed by atoms with Crippen molar-refractivity contribution in [1.82, 2.24) is 9.55 Å². The zero-order valence-electron chi connectivity index (χ0n) is 13.4. The Labute approximate surface area is 136 Å². The largest absolute Gasteiger partial charge is 0.344 e. The highest BCUT2D eigenvalue weighted by atomic mass is 19.1. The standard InChI is InChI=1S/C20H21FN2/c1-14-7-8-19(21)18-9-11-23(20(14)18)17-6-2-4-15(12-17)16-5-3-10-22-13-16/h3,5,7-11,13,15,17H,2,4,6,12H2,1H3/t15-,17-/m1/s1. The van der Waals surface area contributed by atoms with Gasteiger partial charge in [0.1, 0.15) is 5.82 Å². The van der Waals surface area contributed by atoms with Crippen molar-refractivity contribution in [3.63, 3.8) is 0 Å². The van der Waals surface area contributed by atoms with Crippen LogP contribution in [-0.4, -0.2) is 9.55 Å². The normalized spacial score (nSPS) is 21.7. The summed E-state index contributed by atoms with van der Waals surface area (Å²) in [6.45, 7) is 2.07. The molecule has 0 spiro atoms. The number of benzene rings is 1. The number of halogens is 1. The third-order valence-electron chi connectivity index (χ3n) is 5.22. The number of rotatable bonds is 2. The van der Waals surface area contributed by atoms with Crippen LogP contribution >= 0.6 is 0 Å². The van der Waals surface area contributed by atoms with E-state index in [2.05, 4.69) is 28.7 Å². The van der Waals surface area contributed by atoms with E-state index in [4.69, 9.17) is 0 Å². The lowest BCUT2D eigenvalue weighted by atomic mass is 9.82. The van der Waals surface area contributed by atoms with Crippen molar-refractivity contribution in [2.45, 2.75) is 44.6 Å². The van der Waals surface area contributed by atoms with Gasteiger partial charge in [0.2, 0.25) is 0 Å². The van der Waals surface area contributed by atoms with E-state index in [9.17, 15) is 4.39 Å². The minimum atomic E-state index is -0.121. The fourth-order valence-corrected chi connectivity index (χ4v) is 4.06. The van der Waals surface area contributed by atoms with Gasteiger partial charge in [0.15, 0.2) is 0 Å². The first-order chi connectivity index (χ1) is 11.2. The maximum atomic E-state index is 14.1. The summed E-state index contributed by atoms with van der Waals surface area (Å²) in [6, 6.07) is 10.0. The van der Waals surface area contributed by atoms with Gasteiger partial charge in [-0.1, -0.05) is 18.6 Å². The second-order valence-corrected chi connectivity index (χ2v) is 6.65. The van der Waals surface area contributed by atoms with Crippen molar-refractivity contribution < 1.29 is 4.39 Å². The predicted octanol–water partition coefficient (Wildman–Crippen LogP) is 5.38. The van der Waals surface area contributed by atoms with Crippen molar-refractivity contribution in [2.24, 2.45) is 0 Å². The first-order valence-electron chi connectivity index (χ1n) is 8.39. The molecular weight excluding hydrogens is 287 g/mol. The molecule has 2 atom stereocenters. The number of aromatic nitrogens is 2. The number of nitrogens with zero attached hydrogens (tertiary/aromatic N) is 2. The van der Waals surface area contributed by atoms with Gasteiger partial charge in [0.25, 0.3) is 0 Å². The van der Waals surface area contributed by atoms with E-state index in [0.717, 1.165) is 29.3 Å². The van der Waals surface area contributed by atoms with E-state index in [1.807, 2.05) is 30.6 Å². The molecule has 0 bridgehead atoms. The Morgan fingerprint density at radius 3 is 2.91 bits per heavy atom. The van der Waals surface area contributed by atoms with Crippen LogP contribution in [0.3, 0.4) is 0 Å². The summed E-state index contributed by atoms with van der Waals surface area (Å²) in [6.07, 6.45) is 10.6. The molecule has 118 valence electrons. The molecule has 4 rings (SSSR count). The summed E-state index contributed by atoms with van der Waals surface area (Å²) in [5.74, 6) is 0.428. The summed E-state index contributed by atoms with van der Waals surface area (Å²) in [5.41, 5.74) is 3.54. The molecule has 1 aliphatic carbocycles. The molecule has 0 radical (unpaired) electrons. The molecule has 2 heterocycles. The highest BCUT2D eigenvalue weighted by molar-refractivity contribution is 5.84. The van der Waals surface area contributed by atoms with E-state index in [-0.39, 0.29) is 5.82 Å². The highest BCUT2D eigenvalue weighted by Gasteiger charge is 2.25. The average Bonchev–Trinajstić information content (AvgIpc) is 3.06. The monoisotopic (exact) mass is 308 g/mol. The van der Waals surface area contributed by atoms with E-state index in [1.165, 1.54) is 18.4 Å². The molecule has 0 aliphatic heterocycles. The minimum Gasteiger partial charge on any atom is -0.344 e. The Hall–Kier alpha value is -2.16. The molecule has 1 fully saturated rings. The fraction of sp³-hybridized carbons (Fsp3) is 0.350. The van der Waals surface area contributed by atoms with E-state index < -0.39 is 0 Å². The van der Waals surface area contributed by atoms with E-state index in [1.54, 1.807) is 6.07 Å². The molecule has 23 heavy (non-hydrogen) atoms. The molecule has 0 saturated heterocycles. The third kappa shape index (κ3) is 2.54. The van der Waals surface area contributed by atoms with Crippen LogP contribution in [0.15, 0.2) is 48.9 Å². The van der Waals surface area contributed by atoms with Crippen LogP contribution in [0.4, 0.5) is 4.39 Å². The quantitative estimate of drug-likeness (QED) is 0.621. The molecule has 3 heteroatoms. The van der Waals surface area contributed by atoms with Crippen molar-refractivity contribution in [1.29, 1.82) is 0 Å². The van der Waals surface area contributed by atoms with Gasteiger partial charge < -0.3 is 4.57 Å². The number of pyridine rings is 1. The van der Waals surface area contributed by atoms with Crippen molar-refractivity contribution in [3.05, 3.63) is 65.9 Å². The Bertz CT molecular complexity index is 822. The Morgan fingerprint density at radius 2 is 2.09 bits per heavy atom. The van der Waals surface area contributed by atoms with Gasteiger partial charge >= 0.3 is 0 Å². The first kappa shape index (κ1) is 14.4. The number of aryl methyl sites for hydroxylation is 1. The highest BCUT2D eigenvalue weighted by Crippen LogP contribution is 2.40. The minimum absolute atomic E-state index is 0.121. The van der Waals surface area contributed by atoms with Crippen LogP contribution in [-0.2, 0) is 0 Å². The van der Waals surface area contributed by atoms with Crippen molar-refractivity contribution in [2.75, 3.05) is 0 Å². The summed E-state index contributed by atoms with van der Waals surface area (Å²) in [5, 5.41) is 0.744. The first-order valence-corrected chi connectivity index (χ1v) is 8.39. The van der Waals surface area contributed by atoms with Crippen LogP contribution in [0.2, 0.25) is 0 Å². The molecule has 1 aliphatic rings. The third-order valence-corrected chi connectivity index (χ3v) is 5.22. The van der Waals surface area contributed by atoms with Crippen LogP contribution < -0.4 is 0 Å². The summed E-state index contributed by atoms with van der Waals surface area (Å²) in [7, 11) is 0. The van der Waals surface area contributed by atoms with Crippen molar-refractivity contribution >= 4 is 10.9 Å². The van der Waals surface area contributed by atoms with Gasteiger partial charge in [-0.3, -0.25) is 4.98 Å². The molecule has 2 nitrogen and oxygen atoms in total. The Balaban J connectivity index is 1.70. The van der Waals surface area contributed by atoms with Crippen LogP contribution in [0.25, 0.3) is 10.9 Å². The zero-order chi connectivity index (χ0) is 15.8. The lowest BCUT2D eigenvalue weighted by molar-refractivity contribution is 0.325. The molecule has 1 aromatic carbocycles. The summed E-state index contributed by atoms with van der Waals surface area (Å²) < 4.78 is 16.4. The Morgan fingerprint density at radius 1 is 1.17 bits per heavy atom. The molecule has 2 aromatic heterocycles. The van der Waals surface area contributed by atoms with Crippen molar-refractivity contribution in [3.8, 4) is 0 Å². The van der Waals surface area contributed by atoms with Gasteiger partial charge in [-0.2, -0.15) is 0 Å². The van der Waals surface area contributed by atoms with Crippen LogP contribution in [0.1, 0.15) is 48.8 Å². The molecule has 0 amide bonds. The van der Waals surface area contributed by atoms with Crippen LogP contribution in [0.5, 0.6) is 0 Å². The van der Waals surface area contributed by atoms with E-state index in [0.29, 0.717) is 12.0 Å². The molecular formula is C20H21FN2. The summed E-state index contributed by atoms with van der Waals surface area (Å²) >= 11 is 0. The predicted molar refractivity (Wildman–Crippen MR) is 91.1 cm³/mol. The van der Waals surface area contributed by atoms with Gasteiger partial charge in [-0.15, -0.1) is 0 Å². The molecule has 0 N–H and O–H groups in total. The van der Waals surface area contributed by atoms with Crippen LogP contribution in [0, 0.1) is 12.7 Å². The second kappa shape index (κ2) is 5.80. The lowest BCUT2D eigenvalue weighted by Gasteiger charge is -2.31.